The summed E-state index contributed by atoms with van der Waals surface area (Å²) in [5.41, 5.74) is 1.80. The van der Waals surface area contributed by atoms with Gasteiger partial charge < -0.3 is 20.3 Å². The van der Waals surface area contributed by atoms with Gasteiger partial charge in [0.25, 0.3) is 5.91 Å². The number of sulfone groups is 1. The Morgan fingerprint density at radius 3 is 2.22 bits per heavy atom. The number of benzene rings is 3. The fourth-order valence-corrected chi connectivity index (χ4v) is 7.94. The van der Waals surface area contributed by atoms with E-state index in [1.54, 1.807) is 42.5 Å². The van der Waals surface area contributed by atoms with Gasteiger partial charge in [0.2, 0.25) is 0 Å². The van der Waals surface area contributed by atoms with Gasteiger partial charge in [-0.1, -0.05) is 92.6 Å². The molecule has 0 unspecified atom stereocenters. The van der Waals surface area contributed by atoms with Crippen molar-refractivity contribution in [2.45, 2.75) is 94.7 Å². The highest BCUT2D eigenvalue weighted by atomic mass is 32.2. The molecule has 306 valence electrons. The van der Waals surface area contributed by atoms with Crippen LogP contribution in [0.15, 0.2) is 125 Å². The SMILES string of the molecule is C/C(O)=C(\C#N)C(=O)Nc1ccc(C)cc1.CCC[C@@]1(CCc2ccccc2)CC(O)=C([C@H](CC)c2cccc(CS(=O)(=O)c3ccc(C(F)(F)F)cn3)c2)C(=O)O1. The number of aliphatic hydroxyl groups is 2. The van der Waals surface area contributed by atoms with Gasteiger partial charge in [-0.25, -0.2) is 18.2 Å². The Balaban J connectivity index is 0.000000390. The van der Waals surface area contributed by atoms with Crippen LogP contribution in [0.3, 0.4) is 0 Å². The van der Waals surface area contributed by atoms with Gasteiger partial charge in [-0.2, -0.15) is 18.4 Å². The van der Waals surface area contributed by atoms with Crippen LogP contribution in [0.4, 0.5) is 18.9 Å². The molecule has 1 amide bonds. The monoisotopic (exact) mass is 817 g/mol. The number of aliphatic hydroxyl groups excluding tert-OH is 2. The Bertz CT molecular complexity index is 2280. The lowest BCUT2D eigenvalue weighted by Crippen LogP contribution is -2.41. The summed E-state index contributed by atoms with van der Waals surface area (Å²) in [6.07, 6.45) is -0.865. The van der Waals surface area contributed by atoms with Gasteiger partial charge in [-0.05, 0) is 80.5 Å². The van der Waals surface area contributed by atoms with Crippen molar-refractivity contribution in [2.24, 2.45) is 0 Å². The second-order valence-corrected chi connectivity index (χ2v) is 16.0. The van der Waals surface area contributed by atoms with Crippen LogP contribution in [0, 0.1) is 18.3 Å². The van der Waals surface area contributed by atoms with Crippen molar-refractivity contribution in [3.63, 3.8) is 0 Å². The lowest BCUT2D eigenvalue weighted by atomic mass is 9.80. The Morgan fingerprint density at radius 1 is 1.00 bits per heavy atom. The highest BCUT2D eigenvalue weighted by Gasteiger charge is 2.43. The summed E-state index contributed by atoms with van der Waals surface area (Å²) in [5, 5.41) is 31.1. The average Bonchev–Trinajstić information content (AvgIpc) is 3.17. The fraction of sp³-hybridized carbons (Fsp3) is 0.318. The number of nitriles is 1. The lowest BCUT2D eigenvalue weighted by molar-refractivity contribution is -0.161. The Hall–Kier alpha value is -5.94. The lowest BCUT2D eigenvalue weighted by Gasteiger charge is -2.38. The molecule has 4 aromatic rings. The van der Waals surface area contributed by atoms with Crippen LogP contribution in [0.25, 0.3) is 0 Å². The molecule has 10 nitrogen and oxygen atoms in total. The number of pyridine rings is 1. The maximum atomic E-state index is 13.5. The number of cyclic esters (lactones) is 1. The van der Waals surface area contributed by atoms with E-state index in [0.29, 0.717) is 54.8 Å². The van der Waals surface area contributed by atoms with Crippen LogP contribution in [0.1, 0.15) is 86.6 Å². The Labute approximate surface area is 336 Å². The quantitative estimate of drug-likeness (QED) is 0.0515. The number of rotatable bonds is 13. The van der Waals surface area contributed by atoms with Gasteiger partial charge in [-0.3, -0.25) is 4.79 Å². The smallest absolute Gasteiger partial charge is 0.417 e. The molecular weight excluding hydrogens is 772 g/mol. The molecule has 0 radical (unpaired) electrons. The van der Waals surface area contributed by atoms with Gasteiger partial charge in [-0.15, -0.1) is 0 Å². The third-order valence-corrected chi connectivity index (χ3v) is 11.2. The number of carbonyl (C=O) groups excluding carboxylic acids is 2. The van der Waals surface area contributed by atoms with Crippen LogP contribution in [-0.2, 0) is 42.5 Å². The summed E-state index contributed by atoms with van der Waals surface area (Å²) in [4.78, 5) is 28.5. The number of ether oxygens (including phenoxy) is 1. The number of aromatic nitrogens is 1. The van der Waals surface area contributed by atoms with E-state index in [2.05, 4.69) is 10.3 Å². The van der Waals surface area contributed by atoms with Gasteiger partial charge in [0, 0.05) is 24.2 Å². The molecular formula is C44H46F3N3O7S. The molecule has 0 fully saturated rings. The minimum atomic E-state index is -4.63. The summed E-state index contributed by atoms with van der Waals surface area (Å²) in [6.45, 7) is 7.09. The number of allylic oxidation sites excluding steroid dienone is 1. The highest BCUT2D eigenvalue weighted by Crippen LogP contribution is 2.42. The molecule has 14 heteroatoms. The number of amides is 1. The zero-order valence-corrected chi connectivity index (χ0v) is 33.5. The van der Waals surface area contributed by atoms with Crippen LogP contribution >= 0.6 is 0 Å². The van der Waals surface area contributed by atoms with E-state index in [4.69, 9.17) is 15.1 Å². The second kappa shape index (κ2) is 19.5. The minimum absolute atomic E-state index is 0.0217. The van der Waals surface area contributed by atoms with Crippen LogP contribution in [-0.4, -0.2) is 41.1 Å². The molecule has 0 saturated heterocycles. The maximum absolute atomic E-state index is 13.5. The largest absolute Gasteiger partial charge is 0.512 e. The summed E-state index contributed by atoms with van der Waals surface area (Å²) in [6, 6.07) is 26.8. The standard InChI is InChI=1S/C32H34F3NO5S.C12H12N2O2/c1-3-16-31(17-15-22-9-6-5-7-10-22)19-27(37)29(30(38)41-31)26(4-2)24-12-8-11-23(18-24)21-42(39,40)28-14-13-25(20-36-28)32(33,34)35;1-8-3-5-10(6-4-8)14-12(16)11(7-13)9(2)15/h5-14,18,20,26,37H,3-4,15-17,19,21H2,1-2H3;3-6,15H,1-2H3,(H,14,16)/b;11-9-/t26-,31-;/m1./s1. The van der Waals surface area contributed by atoms with Crippen LogP contribution in [0.5, 0.6) is 0 Å². The first kappa shape index (κ1) is 44.8. The van der Waals surface area contributed by atoms with E-state index in [1.807, 2.05) is 63.2 Å². The number of hydrogen-bond acceptors (Lipinski definition) is 9. The molecule has 3 aromatic carbocycles. The first-order valence-corrected chi connectivity index (χ1v) is 20.3. The number of nitrogens with zero attached hydrogens (tertiary/aromatic N) is 2. The molecule has 0 saturated carbocycles. The first-order valence-electron chi connectivity index (χ1n) is 18.6. The summed E-state index contributed by atoms with van der Waals surface area (Å²) >= 11 is 0. The van der Waals surface area contributed by atoms with Crippen LogP contribution < -0.4 is 5.32 Å². The fourth-order valence-electron chi connectivity index (χ4n) is 6.68. The predicted octanol–water partition coefficient (Wildman–Crippen LogP) is 9.79. The van der Waals surface area contributed by atoms with Crippen molar-refractivity contribution in [2.75, 3.05) is 5.32 Å². The third kappa shape index (κ3) is 11.8. The predicted molar refractivity (Wildman–Crippen MR) is 213 cm³/mol. The number of alkyl halides is 3. The highest BCUT2D eigenvalue weighted by molar-refractivity contribution is 7.90. The molecule has 2 heterocycles. The van der Waals surface area contributed by atoms with Gasteiger partial charge in [0.05, 0.1) is 16.9 Å². The topological polar surface area (TPSA) is 167 Å². The van der Waals surface area contributed by atoms with Crippen molar-refractivity contribution in [3.8, 4) is 6.07 Å². The van der Waals surface area contributed by atoms with Gasteiger partial charge >= 0.3 is 12.1 Å². The Morgan fingerprint density at radius 2 is 1.67 bits per heavy atom. The van der Waals surface area contributed by atoms with E-state index in [-0.39, 0.29) is 29.1 Å². The van der Waals surface area contributed by atoms with E-state index >= 15 is 0 Å². The van der Waals surface area contributed by atoms with E-state index in [1.165, 1.54) is 6.92 Å². The van der Waals surface area contributed by atoms with E-state index < -0.39 is 55.8 Å². The zero-order valence-electron chi connectivity index (χ0n) is 32.6. The Kier molecular flexibility index (Phi) is 15.0. The average molecular weight is 818 g/mol. The minimum Gasteiger partial charge on any atom is -0.512 e. The third-order valence-electron chi connectivity index (χ3n) is 9.61. The van der Waals surface area contributed by atoms with Crippen molar-refractivity contribution in [1.82, 2.24) is 4.98 Å². The molecule has 1 aliphatic rings. The van der Waals surface area contributed by atoms with E-state index in [9.17, 15) is 36.3 Å². The molecule has 58 heavy (non-hydrogen) atoms. The molecule has 0 spiro atoms. The van der Waals surface area contributed by atoms with Crippen molar-refractivity contribution >= 4 is 27.4 Å². The summed E-state index contributed by atoms with van der Waals surface area (Å²) in [5.74, 6) is -2.54. The number of esters is 1. The van der Waals surface area contributed by atoms with Crippen molar-refractivity contribution < 1.29 is 46.1 Å². The second-order valence-electron chi connectivity index (χ2n) is 14.1. The van der Waals surface area contributed by atoms with Gasteiger partial charge in [0.1, 0.15) is 23.2 Å². The zero-order chi connectivity index (χ0) is 42.7. The number of aryl methyl sites for hydroxylation is 2. The first-order chi connectivity index (χ1) is 27.4. The number of anilines is 1. The molecule has 0 aliphatic carbocycles. The molecule has 2 atom stereocenters. The van der Waals surface area contributed by atoms with E-state index in [0.717, 1.165) is 23.6 Å². The number of carbonyl (C=O) groups is 2. The number of hydrogen-bond donors (Lipinski definition) is 3. The molecule has 3 N–H and O–H groups in total. The van der Waals surface area contributed by atoms with Crippen LogP contribution in [0.2, 0.25) is 0 Å². The maximum Gasteiger partial charge on any atom is 0.417 e. The van der Waals surface area contributed by atoms with Crippen molar-refractivity contribution in [3.05, 3.63) is 148 Å². The summed E-state index contributed by atoms with van der Waals surface area (Å²) < 4.78 is 70.6. The molecule has 1 aromatic heterocycles. The van der Waals surface area contributed by atoms with Gasteiger partial charge in [0.15, 0.2) is 20.4 Å². The molecule has 5 rings (SSSR count). The molecule has 1 aliphatic heterocycles. The molecule has 0 bridgehead atoms. The normalized spacial score (nSPS) is 16.6. The number of halogens is 3. The summed E-state index contributed by atoms with van der Waals surface area (Å²) in [7, 11) is -4.05. The van der Waals surface area contributed by atoms with Crippen molar-refractivity contribution in [1.29, 1.82) is 5.26 Å². The number of nitrogens with one attached hydrogen (secondary N) is 1.